The summed E-state index contributed by atoms with van der Waals surface area (Å²) in [7, 11) is 0. The van der Waals surface area contributed by atoms with Gasteiger partial charge in [-0.25, -0.2) is 9.97 Å². The highest BCUT2D eigenvalue weighted by molar-refractivity contribution is 7.13. The first kappa shape index (κ1) is 17.5. The van der Waals surface area contributed by atoms with Gasteiger partial charge >= 0.3 is 0 Å². The molecular weight excluding hydrogens is 366 g/mol. The van der Waals surface area contributed by atoms with Crippen molar-refractivity contribution in [3.63, 3.8) is 0 Å². The molecule has 3 aromatic rings. The number of aromatic nitrogens is 3. The number of ether oxygens (including phenoxy) is 2. The molecule has 0 aliphatic carbocycles. The summed E-state index contributed by atoms with van der Waals surface area (Å²) in [5, 5.41) is 5.52. The molecule has 4 rings (SSSR count). The minimum absolute atomic E-state index is 0.200. The van der Waals surface area contributed by atoms with Crippen LogP contribution in [0.5, 0.6) is 11.5 Å². The average Bonchev–Trinajstić information content (AvgIpc) is 3.43. The lowest BCUT2D eigenvalue weighted by molar-refractivity contribution is 0.0945. The van der Waals surface area contributed by atoms with E-state index in [9.17, 15) is 4.79 Å². The van der Waals surface area contributed by atoms with Crippen molar-refractivity contribution in [3.05, 3.63) is 35.1 Å². The Hall–Kier alpha value is -2.91. The van der Waals surface area contributed by atoms with Crippen molar-refractivity contribution in [1.82, 2.24) is 20.3 Å². The molecule has 0 unspecified atom stereocenters. The molecule has 1 amide bonds. The number of nitrogens with one attached hydrogen (secondary N) is 2. The zero-order chi connectivity index (χ0) is 18.8. The van der Waals surface area contributed by atoms with Gasteiger partial charge in [-0.3, -0.25) is 4.79 Å². The summed E-state index contributed by atoms with van der Waals surface area (Å²) in [6.07, 6.45) is 0.841. The highest BCUT2D eigenvalue weighted by Gasteiger charge is 2.22. The first-order valence-corrected chi connectivity index (χ1v) is 9.50. The summed E-state index contributed by atoms with van der Waals surface area (Å²) in [5.74, 6) is 1.27. The number of H-pyrrole nitrogens is 1. The third-order valence-electron chi connectivity index (χ3n) is 4.12. The molecular formula is C18H19N5O3S. The maximum Gasteiger partial charge on any atom is 0.287 e. The number of hydrogen-bond donors (Lipinski definition) is 3. The molecule has 0 saturated carbocycles. The van der Waals surface area contributed by atoms with Crippen LogP contribution < -0.4 is 20.5 Å². The third-order valence-corrected chi connectivity index (χ3v) is 5.03. The summed E-state index contributed by atoms with van der Waals surface area (Å²) >= 11 is 1.51. The van der Waals surface area contributed by atoms with Gasteiger partial charge in [0.05, 0.1) is 11.4 Å². The van der Waals surface area contributed by atoms with Gasteiger partial charge in [-0.05, 0) is 24.6 Å². The second kappa shape index (κ2) is 7.37. The molecule has 8 nitrogen and oxygen atoms in total. The molecule has 0 spiro atoms. The van der Waals surface area contributed by atoms with E-state index >= 15 is 0 Å². The average molecular weight is 385 g/mol. The van der Waals surface area contributed by atoms with E-state index in [1.165, 1.54) is 11.3 Å². The fourth-order valence-corrected chi connectivity index (χ4v) is 3.64. The molecule has 9 heteroatoms. The Bertz CT molecular complexity index is 981. The van der Waals surface area contributed by atoms with Crippen LogP contribution in [0.1, 0.15) is 23.2 Å². The summed E-state index contributed by atoms with van der Waals surface area (Å²) in [4.78, 5) is 24.6. The summed E-state index contributed by atoms with van der Waals surface area (Å²) in [5.41, 5.74) is 8.62. The molecule has 140 valence electrons. The normalized spacial score (nSPS) is 12.4. The molecule has 3 heterocycles. The molecule has 1 aromatic carbocycles. The minimum atomic E-state index is -0.305. The molecule has 0 atom stereocenters. The van der Waals surface area contributed by atoms with Gasteiger partial charge in [0.2, 0.25) is 6.79 Å². The molecule has 1 aliphatic heterocycles. The van der Waals surface area contributed by atoms with E-state index in [1.54, 1.807) is 0 Å². The Morgan fingerprint density at radius 3 is 2.96 bits per heavy atom. The van der Waals surface area contributed by atoms with Crippen LogP contribution >= 0.6 is 11.3 Å². The van der Waals surface area contributed by atoms with E-state index in [4.69, 9.17) is 15.2 Å². The molecule has 1 aliphatic rings. The van der Waals surface area contributed by atoms with E-state index in [-0.39, 0.29) is 18.5 Å². The fraction of sp³-hybridized carbons (Fsp3) is 0.278. The number of hydrogen-bond acceptors (Lipinski definition) is 7. The van der Waals surface area contributed by atoms with Gasteiger partial charge in [0.1, 0.15) is 10.7 Å². The van der Waals surface area contributed by atoms with Gasteiger partial charge in [0.25, 0.3) is 5.91 Å². The van der Waals surface area contributed by atoms with Crippen LogP contribution in [0.25, 0.3) is 22.0 Å². The predicted octanol–water partition coefficient (Wildman–Crippen LogP) is 2.18. The first-order chi connectivity index (χ1) is 13.2. The number of imidazole rings is 1. The van der Waals surface area contributed by atoms with Crippen LogP contribution in [0.3, 0.4) is 0 Å². The number of nitrogens with two attached hydrogens (primary N) is 1. The number of carbonyl (C=O) groups is 1. The molecule has 4 N–H and O–H groups in total. The number of benzene rings is 1. The zero-order valence-electron chi connectivity index (χ0n) is 14.7. The zero-order valence-corrected chi connectivity index (χ0v) is 15.6. The number of carbonyl (C=O) groups excluding carboxylic acids is 1. The van der Waals surface area contributed by atoms with Gasteiger partial charge in [0.15, 0.2) is 17.3 Å². The quantitative estimate of drug-likeness (QED) is 0.599. The Kier molecular flexibility index (Phi) is 4.78. The van der Waals surface area contributed by atoms with Crippen LogP contribution in [-0.2, 0) is 6.42 Å². The number of fused-ring (bicyclic) bond motifs is 1. The smallest absolute Gasteiger partial charge is 0.287 e. The van der Waals surface area contributed by atoms with Gasteiger partial charge in [0, 0.05) is 24.0 Å². The molecule has 0 radical (unpaired) electrons. The number of aryl methyl sites for hydroxylation is 1. The van der Waals surface area contributed by atoms with Crippen molar-refractivity contribution >= 4 is 17.2 Å². The number of amides is 1. The van der Waals surface area contributed by atoms with Gasteiger partial charge in [-0.2, -0.15) is 0 Å². The molecule has 27 heavy (non-hydrogen) atoms. The lowest BCUT2D eigenvalue weighted by Gasteiger charge is -2.02. The van der Waals surface area contributed by atoms with Crippen molar-refractivity contribution < 1.29 is 14.3 Å². The van der Waals surface area contributed by atoms with Crippen LogP contribution in [0.2, 0.25) is 0 Å². The largest absolute Gasteiger partial charge is 0.454 e. The van der Waals surface area contributed by atoms with Crippen molar-refractivity contribution in [2.24, 2.45) is 5.73 Å². The Morgan fingerprint density at radius 2 is 2.19 bits per heavy atom. The van der Waals surface area contributed by atoms with Gasteiger partial charge < -0.3 is 25.5 Å². The third kappa shape index (κ3) is 3.38. The van der Waals surface area contributed by atoms with E-state index in [0.717, 1.165) is 22.7 Å². The number of aromatic amines is 1. The second-order valence-electron chi connectivity index (χ2n) is 5.92. The summed E-state index contributed by atoms with van der Waals surface area (Å²) < 4.78 is 10.8. The standard InChI is InChI=1S/C18H19N5O3S/c1-2-11-8-27-18(21-11)15-14(22-16(23-15)17(24)20-6-5-19)10-3-4-12-13(7-10)26-9-25-12/h3-4,7-8H,2,5-6,9,19H2,1H3,(H,20,24)(H,22,23). The van der Waals surface area contributed by atoms with E-state index in [0.29, 0.717) is 36.0 Å². The van der Waals surface area contributed by atoms with Crippen molar-refractivity contribution in [2.75, 3.05) is 19.9 Å². The molecule has 0 saturated heterocycles. The van der Waals surface area contributed by atoms with Crippen molar-refractivity contribution in [2.45, 2.75) is 13.3 Å². The second-order valence-corrected chi connectivity index (χ2v) is 6.78. The van der Waals surface area contributed by atoms with Gasteiger partial charge in [-0.1, -0.05) is 6.92 Å². The van der Waals surface area contributed by atoms with Gasteiger partial charge in [-0.15, -0.1) is 11.3 Å². The minimum Gasteiger partial charge on any atom is -0.454 e. The molecule has 0 bridgehead atoms. The van der Waals surface area contributed by atoms with Crippen molar-refractivity contribution in [3.8, 4) is 33.5 Å². The Morgan fingerprint density at radius 1 is 1.33 bits per heavy atom. The highest BCUT2D eigenvalue weighted by atomic mass is 32.1. The molecule has 2 aromatic heterocycles. The van der Waals surface area contributed by atoms with E-state index in [2.05, 4.69) is 27.2 Å². The van der Waals surface area contributed by atoms with Crippen molar-refractivity contribution in [1.29, 1.82) is 0 Å². The number of nitrogens with zero attached hydrogens (tertiary/aromatic N) is 2. The number of thiazole rings is 1. The monoisotopic (exact) mass is 385 g/mol. The van der Waals surface area contributed by atoms with E-state index in [1.807, 2.05) is 23.6 Å². The topological polar surface area (TPSA) is 115 Å². The highest BCUT2D eigenvalue weighted by Crippen LogP contribution is 2.38. The van der Waals surface area contributed by atoms with Crippen LogP contribution in [-0.4, -0.2) is 40.7 Å². The molecule has 0 fully saturated rings. The maximum absolute atomic E-state index is 12.4. The lowest BCUT2D eigenvalue weighted by atomic mass is 10.1. The van der Waals surface area contributed by atoms with E-state index < -0.39 is 0 Å². The first-order valence-electron chi connectivity index (χ1n) is 8.62. The summed E-state index contributed by atoms with van der Waals surface area (Å²) in [6, 6.07) is 5.59. The maximum atomic E-state index is 12.4. The lowest BCUT2D eigenvalue weighted by Crippen LogP contribution is -2.29. The SMILES string of the molecule is CCc1csc(-c2[nH]c(C(=O)NCCN)nc2-c2ccc3c(c2)OCO3)n1. The summed E-state index contributed by atoms with van der Waals surface area (Å²) in [6.45, 7) is 2.99. The Labute approximate surface area is 159 Å². The van der Waals surface area contributed by atoms with Crippen LogP contribution in [0, 0.1) is 0 Å². The van der Waals surface area contributed by atoms with Crippen LogP contribution in [0.15, 0.2) is 23.6 Å². The van der Waals surface area contributed by atoms with Crippen LogP contribution in [0.4, 0.5) is 0 Å². The fourth-order valence-electron chi connectivity index (χ4n) is 2.74. The predicted molar refractivity (Wildman–Crippen MR) is 102 cm³/mol. The number of rotatable bonds is 6. The Balaban J connectivity index is 1.78.